The van der Waals surface area contributed by atoms with Crippen molar-refractivity contribution < 1.29 is 14.3 Å². The number of alkyl halides is 1. The first-order valence-corrected chi connectivity index (χ1v) is 6.97. The molecule has 1 aromatic rings. The number of hydrogen-bond acceptors (Lipinski definition) is 5. The van der Waals surface area contributed by atoms with Gasteiger partial charge in [0, 0.05) is 11.8 Å². The van der Waals surface area contributed by atoms with Crippen molar-refractivity contribution in [1.29, 1.82) is 0 Å². The van der Waals surface area contributed by atoms with Crippen molar-refractivity contribution in [2.75, 3.05) is 18.5 Å². The molecule has 0 saturated heterocycles. The second-order valence-corrected chi connectivity index (χ2v) is 6.71. The second-order valence-electron chi connectivity index (χ2n) is 4.72. The monoisotopic (exact) mass is 360 g/mol. The largest absolute Gasteiger partial charge is 0.463 e. The zero-order chi connectivity index (χ0) is 16.0. The fraction of sp³-hybridized carbons (Fsp3) is 0.500. The zero-order valence-corrected chi connectivity index (χ0v) is 13.5. The van der Waals surface area contributed by atoms with Gasteiger partial charge in [-0.1, -0.05) is 15.9 Å². The fourth-order valence-electron chi connectivity index (χ4n) is 1.27. The molecule has 0 aliphatic carbocycles. The molecule has 0 fully saturated rings. The molecular formula is C12H17BrN4O4. The summed E-state index contributed by atoms with van der Waals surface area (Å²) in [6, 6.07) is 0.753. The lowest BCUT2D eigenvalue weighted by Crippen LogP contribution is -2.35. The number of aryl methyl sites for hydroxylation is 1. The third-order valence-electron chi connectivity index (χ3n) is 2.21. The molecule has 1 rings (SSSR count). The molecule has 116 valence electrons. The minimum absolute atomic E-state index is 0.0407. The van der Waals surface area contributed by atoms with Crippen molar-refractivity contribution in [2.24, 2.45) is 0 Å². The van der Waals surface area contributed by atoms with Crippen LogP contribution >= 0.6 is 15.9 Å². The summed E-state index contributed by atoms with van der Waals surface area (Å²) in [7, 11) is 0. The predicted octanol–water partition coefficient (Wildman–Crippen LogP) is 0.917. The Balaban J connectivity index is 2.35. The third kappa shape index (κ3) is 6.39. The van der Waals surface area contributed by atoms with Gasteiger partial charge in [-0.3, -0.25) is 19.9 Å². The number of carbonyl (C=O) groups excluding carboxylic acids is 2. The highest BCUT2D eigenvalue weighted by atomic mass is 79.9. The van der Waals surface area contributed by atoms with Crippen LogP contribution in [0.4, 0.5) is 10.7 Å². The number of nitrogens with zero attached hydrogens (tertiary/aromatic N) is 1. The second kappa shape index (κ2) is 7.21. The van der Waals surface area contributed by atoms with Crippen LogP contribution in [0.2, 0.25) is 0 Å². The van der Waals surface area contributed by atoms with Crippen LogP contribution in [0.1, 0.15) is 19.5 Å². The van der Waals surface area contributed by atoms with E-state index in [-0.39, 0.29) is 24.7 Å². The van der Waals surface area contributed by atoms with Crippen LogP contribution in [0.25, 0.3) is 0 Å². The van der Waals surface area contributed by atoms with Crippen molar-refractivity contribution in [3.63, 3.8) is 0 Å². The summed E-state index contributed by atoms with van der Waals surface area (Å²) in [4.78, 5) is 40.5. The summed E-state index contributed by atoms with van der Waals surface area (Å²) < 4.78 is 4.18. The zero-order valence-electron chi connectivity index (χ0n) is 11.9. The van der Waals surface area contributed by atoms with E-state index in [1.165, 1.54) is 6.07 Å². The van der Waals surface area contributed by atoms with Crippen molar-refractivity contribution in [2.45, 2.75) is 25.1 Å². The molecule has 1 aromatic heterocycles. The van der Waals surface area contributed by atoms with E-state index in [9.17, 15) is 14.4 Å². The molecule has 0 atom stereocenters. The Bertz CT molecular complexity index is 579. The smallest absolute Gasteiger partial charge is 0.322 e. The Morgan fingerprint density at radius 3 is 2.71 bits per heavy atom. The number of anilines is 1. The predicted molar refractivity (Wildman–Crippen MR) is 80.6 cm³/mol. The minimum atomic E-state index is -0.764. The van der Waals surface area contributed by atoms with Gasteiger partial charge in [-0.25, -0.2) is 9.78 Å². The molecule has 21 heavy (non-hydrogen) atoms. The maximum absolute atomic E-state index is 11.5. The lowest BCUT2D eigenvalue weighted by Gasteiger charge is -2.14. The maximum atomic E-state index is 11.5. The molecule has 0 spiro atoms. The molecule has 0 unspecified atom stereocenters. The number of nitrogens with one attached hydrogen (secondary N) is 3. The molecule has 2 amide bonds. The Kier molecular flexibility index (Phi) is 5.89. The van der Waals surface area contributed by atoms with Crippen LogP contribution in [-0.4, -0.2) is 39.4 Å². The van der Waals surface area contributed by atoms with E-state index in [4.69, 9.17) is 4.74 Å². The van der Waals surface area contributed by atoms with Crippen LogP contribution < -0.4 is 16.2 Å². The summed E-state index contributed by atoms with van der Waals surface area (Å²) >= 11 is 3.17. The average Bonchev–Trinajstić information content (AvgIpc) is 2.31. The minimum Gasteiger partial charge on any atom is -0.463 e. The van der Waals surface area contributed by atoms with E-state index >= 15 is 0 Å². The molecule has 3 N–H and O–H groups in total. The number of aromatic amines is 1. The van der Waals surface area contributed by atoms with E-state index in [1.54, 1.807) is 20.8 Å². The van der Waals surface area contributed by atoms with E-state index < -0.39 is 16.3 Å². The molecule has 0 aromatic carbocycles. The Hall–Kier alpha value is -1.90. The van der Waals surface area contributed by atoms with Gasteiger partial charge in [-0.05, 0) is 20.8 Å². The topological polar surface area (TPSA) is 113 Å². The first-order valence-electron chi connectivity index (χ1n) is 6.17. The molecule has 0 aliphatic rings. The Morgan fingerprint density at radius 1 is 1.48 bits per heavy atom. The van der Waals surface area contributed by atoms with E-state index in [0.717, 1.165) is 0 Å². The molecule has 8 nitrogen and oxygen atoms in total. The van der Waals surface area contributed by atoms with Crippen LogP contribution in [-0.2, 0) is 9.53 Å². The van der Waals surface area contributed by atoms with Gasteiger partial charge in [0.05, 0.1) is 6.54 Å². The van der Waals surface area contributed by atoms with Gasteiger partial charge < -0.3 is 10.1 Å². The number of rotatable bonds is 5. The van der Waals surface area contributed by atoms with Crippen molar-refractivity contribution in [3.8, 4) is 0 Å². The fourth-order valence-corrected chi connectivity index (χ4v) is 1.38. The number of urea groups is 1. The normalized spacial score (nSPS) is 10.9. The molecule has 0 aliphatic heterocycles. The van der Waals surface area contributed by atoms with Gasteiger partial charge in [0.2, 0.25) is 5.95 Å². The standard InChI is InChI=1S/C12H17BrN4O4/c1-7-6-8(18)16-10(15-7)17-11(20)14-4-5-21-9(19)12(2,3)13/h6H,4-5H2,1-3H3,(H3,14,15,16,17,18,20). The lowest BCUT2D eigenvalue weighted by molar-refractivity contribution is -0.145. The summed E-state index contributed by atoms with van der Waals surface area (Å²) in [6.07, 6.45) is 0. The number of ether oxygens (including phenoxy) is 1. The van der Waals surface area contributed by atoms with Gasteiger partial charge in [0.25, 0.3) is 5.56 Å². The summed E-state index contributed by atoms with van der Waals surface area (Å²) in [5.74, 6) is -0.370. The van der Waals surface area contributed by atoms with E-state index in [0.29, 0.717) is 5.69 Å². The first kappa shape index (κ1) is 17.2. The molecule has 0 bridgehead atoms. The number of aromatic nitrogens is 2. The molecule has 9 heteroatoms. The number of carbonyl (C=O) groups is 2. The van der Waals surface area contributed by atoms with Crippen LogP contribution in [0.15, 0.2) is 10.9 Å². The van der Waals surface area contributed by atoms with E-state index in [1.807, 2.05) is 0 Å². The SMILES string of the molecule is Cc1cc(=O)[nH]c(NC(=O)NCCOC(=O)C(C)(C)Br)n1. The molecular weight excluding hydrogens is 344 g/mol. The lowest BCUT2D eigenvalue weighted by atomic mass is 10.2. The van der Waals surface area contributed by atoms with Gasteiger partial charge >= 0.3 is 12.0 Å². The van der Waals surface area contributed by atoms with Crippen molar-refractivity contribution in [3.05, 3.63) is 22.1 Å². The first-order chi connectivity index (χ1) is 9.68. The van der Waals surface area contributed by atoms with Crippen LogP contribution in [0.3, 0.4) is 0 Å². The van der Waals surface area contributed by atoms with Crippen molar-refractivity contribution >= 4 is 33.9 Å². The molecule has 0 radical (unpaired) electrons. The number of hydrogen-bond donors (Lipinski definition) is 3. The van der Waals surface area contributed by atoms with Crippen LogP contribution in [0.5, 0.6) is 0 Å². The summed E-state index contributed by atoms with van der Waals surface area (Å²) in [6.45, 7) is 5.14. The van der Waals surface area contributed by atoms with Crippen molar-refractivity contribution in [1.82, 2.24) is 15.3 Å². The van der Waals surface area contributed by atoms with Crippen LogP contribution in [0, 0.1) is 6.92 Å². The maximum Gasteiger partial charge on any atom is 0.322 e. The highest BCUT2D eigenvalue weighted by molar-refractivity contribution is 9.10. The van der Waals surface area contributed by atoms with Gasteiger partial charge in [0.15, 0.2) is 0 Å². The summed E-state index contributed by atoms with van der Waals surface area (Å²) in [5.41, 5.74) is 0.133. The Morgan fingerprint density at radius 2 is 2.14 bits per heavy atom. The van der Waals surface area contributed by atoms with Gasteiger partial charge in [-0.15, -0.1) is 0 Å². The quantitative estimate of drug-likeness (QED) is 0.410. The van der Waals surface area contributed by atoms with Gasteiger partial charge in [-0.2, -0.15) is 0 Å². The average molecular weight is 361 g/mol. The molecule has 0 saturated carbocycles. The van der Waals surface area contributed by atoms with Gasteiger partial charge in [0.1, 0.15) is 10.9 Å². The highest BCUT2D eigenvalue weighted by Crippen LogP contribution is 2.17. The Labute approximate surface area is 129 Å². The number of halogens is 1. The third-order valence-corrected chi connectivity index (χ3v) is 2.53. The highest BCUT2D eigenvalue weighted by Gasteiger charge is 2.25. The molecule has 1 heterocycles. The summed E-state index contributed by atoms with van der Waals surface area (Å²) in [5, 5.41) is 4.85. The van der Waals surface area contributed by atoms with E-state index in [2.05, 4.69) is 36.5 Å². The number of amides is 2. The number of H-pyrrole nitrogens is 1. The number of esters is 1.